The van der Waals surface area contributed by atoms with Crippen LogP contribution in [0.3, 0.4) is 0 Å². The quantitative estimate of drug-likeness (QED) is 0.842. The predicted octanol–water partition coefficient (Wildman–Crippen LogP) is 3.19. The van der Waals surface area contributed by atoms with Crippen molar-refractivity contribution in [2.75, 3.05) is 0 Å². The first-order valence-corrected chi connectivity index (χ1v) is 6.26. The number of nitrogens with two attached hydrogens (primary N) is 1. The van der Waals surface area contributed by atoms with E-state index in [-0.39, 0.29) is 17.9 Å². The fourth-order valence-electron chi connectivity index (χ4n) is 2.35. The fraction of sp³-hybridized carbons (Fsp3) is 0.533. The minimum Gasteiger partial charge on any atom is -0.481 e. The van der Waals surface area contributed by atoms with Crippen LogP contribution in [-0.4, -0.2) is 11.1 Å². The van der Waals surface area contributed by atoms with Crippen molar-refractivity contribution in [2.24, 2.45) is 11.1 Å². The van der Waals surface area contributed by atoms with E-state index in [1.54, 1.807) is 0 Å². The molecule has 0 aliphatic carbocycles. The molecule has 0 aliphatic heterocycles. The van der Waals surface area contributed by atoms with E-state index in [9.17, 15) is 4.79 Å². The van der Waals surface area contributed by atoms with Crippen LogP contribution in [0, 0.1) is 19.3 Å². The Morgan fingerprint density at radius 2 is 2.00 bits per heavy atom. The third-order valence-corrected chi connectivity index (χ3v) is 3.24. The molecule has 1 aromatic rings. The highest BCUT2D eigenvalue weighted by atomic mass is 16.4. The number of benzene rings is 1. The molecule has 1 aromatic carbocycles. The molecule has 1 unspecified atom stereocenters. The van der Waals surface area contributed by atoms with E-state index in [0.717, 1.165) is 5.56 Å². The maximum absolute atomic E-state index is 10.8. The first-order valence-electron chi connectivity index (χ1n) is 6.26. The predicted molar refractivity (Wildman–Crippen MR) is 73.5 cm³/mol. The van der Waals surface area contributed by atoms with Crippen LogP contribution in [0.15, 0.2) is 18.2 Å². The molecule has 3 nitrogen and oxygen atoms in total. The van der Waals surface area contributed by atoms with Crippen LogP contribution in [0.4, 0.5) is 0 Å². The Morgan fingerprint density at radius 1 is 1.39 bits per heavy atom. The molecule has 0 amide bonds. The van der Waals surface area contributed by atoms with Gasteiger partial charge >= 0.3 is 5.97 Å². The van der Waals surface area contributed by atoms with Gasteiger partial charge < -0.3 is 10.8 Å². The second-order valence-corrected chi connectivity index (χ2v) is 5.91. The van der Waals surface area contributed by atoms with Gasteiger partial charge in [-0.25, -0.2) is 0 Å². The van der Waals surface area contributed by atoms with Crippen molar-refractivity contribution in [2.45, 2.75) is 46.6 Å². The fourth-order valence-corrected chi connectivity index (χ4v) is 2.35. The van der Waals surface area contributed by atoms with Gasteiger partial charge in [0.2, 0.25) is 0 Å². The summed E-state index contributed by atoms with van der Waals surface area (Å²) >= 11 is 0. The molecule has 1 atom stereocenters. The normalized spacial score (nSPS) is 13.4. The summed E-state index contributed by atoms with van der Waals surface area (Å²) in [6.45, 7) is 7.98. The maximum atomic E-state index is 10.8. The zero-order valence-corrected chi connectivity index (χ0v) is 11.7. The van der Waals surface area contributed by atoms with Gasteiger partial charge in [-0.1, -0.05) is 37.6 Å². The van der Waals surface area contributed by atoms with Crippen LogP contribution < -0.4 is 5.73 Å². The van der Waals surface area contributed by atoms with Gasteiger partial charge in [0, 0.05) is 6.04 Å². The number of carboxylic acids is 1. The van der Waals surface area contributed by atoms with Gasteiger partial charge in [-0.2, -0.15) is 0 Å². The molecule has 0 fully saturated rings. The Hall–Kier alpha value is -1.35. The molecule has 3 heteroatoms. The number of aliphatic carboxylic acids is 1. The molecule has 0 aromatic heterocycles. The molecule has 0 saturated heterocycles. The van der Waals surface area contributed by atoms with Crippen LogP contribution in [0.2, 0.25) is 0 Å². The SMILES string of the molecule is Cc1ccc(C)c(C(N)CC(C)(C)CC(=O)O)c1. The van der Waals surface area contributed by atoms with E-state index in [1.807, 2.05) is 27.7 Å². The molecule has 18 heavy (non-hydrogen) atoms. The Labute approximate surface area is 109 Å². The summed E-state index contributed by atoms with van der Waals surface area (Å²) in [6, 6.07) is 6.11. The lowest BCUT2D eigenvalue weighted by atomic mass is 9.80. The molecule has 0 saturated carbocycles. The maximum Gasteiger partial charge on any atom is 0.303 e. The molecule has 0 bridgehead atoms. The van der Waals surface area contributed by atoms with Crippen molar-refractivity contribution in [1.29, 1.82) is 0 Å². The topological polar surface area (TPSA) is 63.3 Å². The van der Waals surface area contributed by atoms with Gasteiger partial charge in [-0.05, 0) is 36.8 Å². The summed E-state index contributed by atoms with van der Waals surface area (Å²) in [5.74, 6) is -0.770. The molecule has 3 N–H and O–H groups in total. The molecular formula is C15H23NO2. The monoisotopic (exact) mass is 249 g/mol. The summed E-state index contributed by atoms with van der Waals surface area (Å²) in [4.78, 5) is 10.8. The minimum atomic E-state index is -0.770. The average molecular weight is 249 g/mol. The first-order chi connectivity index (χ1) is 8.21. The van der Waals surface area contributed by atoms with Gasteiger partial charge in [0.1, 0.15) is 0 Å². The van der Waals surface area contributed by atoms with Crippen molar-refractivity contribution in [3.63, 3.8) is 0 Å². The van der Waals surface area contributed by atoms with E-state index < -0.39 is 5.97 Å². The molecular weight excluding hydrogens is 226 g/mol. The minimum absolute atomic E-state index is 0.112. The molecule has 0 radical (unpaired) electrons. The number of carboxylic acid groups (broad SMARTS) is 1. The van der Waals surface area contributed by atoms with Crippen molar-refractivity contribution in [1.82, 2.24) is 0 Å². The third kappa shape index (κ3) is 4.15. The highest BCUT2D eigenvalue weighted by Gasteiger charge is 2.25. The summed E-state index contributed by atoms with van der Waals surface area (Å²) < 4.78 is 0. The molecule has 100 valence electrons. The smallest absolute Gasteiger partial charge is 0.303 e. The summed E-state index contributed by atoms with van der Waals surface area (Å²) in [7, 11) is 0. The highest BCUT2D eigenvalue weighted by Crippen LogP contribution is 2.32. The largest absolute Gasteiger partial charge is 0.481 e. The van der Waals surface area contributed by atoms with E-state index >= 15 is 0 Å². The van der Waals surface area contributed by atoms with E-state index in [0.29, 0.717) is 6.42 Å². The van der Waals surface area contributed by atoms with Gasteiger partial charge in [0.05, 0.1) is 6.42 Å². The molecule has 0 heterocycles. The van der Waals surface area contributed by atoms with Crippen molar-refractivity contribution < 1.29 is 9.90 Å². The highest BCUT2D eigenvalue weighted by molar-refractivity contribution is 5.67. The molecule has 0 aliphatic rings. The second kappa shape index (κ2) is 5.53. The van der Waals surface area contributed by atoms with Crippen LogP contribution in [-0.2, 0) is 4.79 Å². The van der Waals surface area contributed by atoms with E-state index in [2.05, 4.69) is 18.2 Å². The molecule has 0 spiro atoms. The lowest BCUT2D eigenvalue weighted by Crippen LogP contribution is -2.24. The van der Waals surface area contributed by atoms with Gasteiger partial charge in [0.15, 0.2) is 0 Å². The third-order valence-electron chi connectivity index (χ3n) is 3.24. The summed E-state index contributed by atoms with van der Waals surface area (Å²) in [6.07, 6.45) is 0.815. The Bertz CT molecular complexity index is 438. The Morgan fingerprint density at radius 3 is 2.56 bits per heavy atom. The summed E-state index contributed by atoms with van der Waals surface area (Å²) in [5, 5.41) is 8.89. The average Bonchev–Trinajstić information content (AvgIpc) is 2.18. The van der Waals surface area contributed by atoms with Crippen LogP contribution in [0.1, 0.15) is 49.4 Å². The lowest BCUT2D eigenvalue weighted by Gasteiger charge is -2.27. The Kier molecular flexibility index (Phi) is 4.52. The van der Waals surface area contributed by atoms with E-state index in [1.165, 1.54) is 11.1 Å². The van der Waals surface area contributed by atoms with Crippen LogP contribution >= 0.6 is 0 Å². The van der Waals surface area contributed by atoms with Crippen molar-refractivity contribution in [3.8, 4) is 0 Å². The Balaban J connectivity index is 2.84. The van der Waals surface area contributed by atoms with Crippen LogP contribution in [0.5, 0.6) is 0 Å². The second-order valence-electron chi connectivity index (χ2n) is 5.91. The van der Waals surface area contributed by atoms with Crippen molar-refractivity contribution >= 4 is 5.97 Å². The van der Waals surface area contributed by atoms with Crippen LogP contribution in [0.25, 0.3) is 0 Å². The number of aryl methyl sites for hydroxylation is 2. The summed E-state index contributed by atoms with van der Waals surface area (Å²) in [5.41, 5.74) is 9.41. The zero-order valence-electron chi connectivity index (χ0n) is 11.7. The first kappa shape index (κ1) is 14.7. The van der Waals surface area contributed by atoms with Gasteiger partial charge in [0.25, 0.3) is 0 Å². The zero-order chi connectivity index (χ0) is 13.9. The van der Waals surface area contributed by atoms with Gasteiger partial charge in [-0.3, -0.25) is 4.79 Å². The van der Waals surface area contributed by atoms with E-state index in [4.69, 9.17) is 10.8 Å². The number of carbonyl (C=O) groups is 1. The van der Waals surface area contributed by atoms with Gasteiger partial charge in [-0.15, -0.1) is 0 Å². The lowest BCUT2D eigenvalue weighted by molar-refractivity contribution is -0.139. The number of rotatable bonds is 5. The standard InChI is InChI=1S/C15H23NO2/c1-10-5-6-11(2)12(7-10)13(16)8-15(3,4)9-14(17)18/h5-7,13H,8-9,16H2,1-4H3,(H,17,18). The van der Waals surface area contributed by atoms with Crippen molar-refractivity contribution in [3.05, 3.63) is 34.9 Å². The number of hydrogen-bond donors (Lipinski definition) is 2. The molecule has 1 rings (SSSR count). The number of hydrogen-bond acceptors (Lipinski definition) is 2.